The fourth-order valence-corrected chi connectivity index (χ4v) is 1.29. The maximum atomic E-state index is 5.45. The summed E-state index contributed by atoms with van der Waals surface area (Å²) in [5.41, 5.74) is 0.865. The van der Waals surface area contributed by atoms with E-state index in [0.29, 0.717) is 6.61 Å². The summed E-state index contributed by atoms with van der Waals surface area (Å²) < 4.78 is 15.3. The van der Waals surface area contributed by atoms with E-state index in [2.05, 4.69) is 5.16 Å². The van der Waals surface area contributed by atoms with Gasteiger partial charge in [0, 0.05) is 26.4 Å². The molecule has 17 heavy (non-hydrogen) atoms. The molecule has 0 bridgehead atoms. The zero-order valence-corrected chi connectivity index (χ0v) is 11.5. The summed E-state index contributed by atoms with van der Waals surface area (Å²) in [6.07, 6.45) is 3.31. The fraction of sp³-hybridized carbons (Fsp3) is 0.769. The van der Waals surface area contributed by atoms with Crippen molar-refractivity contribution in [2.24, 2.45) is 0 Å². The normalized spacial score (nSPS) is 9.88. The van der Waals surface area contributed by atoms with E-state index in [0.717, 1.165) is 43.9 Å². The Kier molecular flexibility index (Phi) is 11.0. The van der Waals surface area contributed by atoms with E-state index in [1.807, 2.05) is 26.8 Å². The molecule has 0 aliphatic carbocycles. The highest BCUT2D eigenvalue weighted by molar-refractivity contribution is 5.01. The van der Waals surface area contributed by atoms with Gasteiger partial charge in [0.1, 0.15) is 11.5 Å². The van der Waals surface area contributed by atoms with E-state index >= 15 is 0 Å². The van der Waals surface area contributed by atoms with Gasteiger partial charge < -0.3 is 14.0 Å². The van der Waals surface area contributed by atoms with E-state index in [9.17, 15) is 0 Å². The van der Waals surface area contributed by atoms with Crippen molar-refractivity contribution in [3.63, 3.8) is 0 Å². The molecular weight excluding hydrogens is 218 g/mol. The van der Waals surface area contributed by atoms with E-state index in [4.69, 9.17) is 14.0 Å². The molecule has 1 aromatic rings. The average molecular weight is 243 g/mol. The number of methoxy groups -OCH3 is 1. The minimum Gasteiger partial charge on any atom is -0.385 e. The molecule has 0 N–H and O–H groups in total. The van der Waals surface area contributed by atoms with E-state index < -0.39 is 0 Å². The Morgan fingerprint density at radius 1 is 1.18 bits per heavy atom. The Morgan fingerprint density at radius 3 is 2.47 bits per heavy atom. The molecule has 1 heterocycles. The second-order valence-electron chi connectivity index (χ2n) is 3.53. The molecule has 0 aliphatic heterocycles. The van der Waals surface area contributed by atoms with Crippen molar-refractivity contribution in [1.82, 2.24) is 5.16 Å². The van der Waals surface area contributed by atoms with Gasteiger partial charge in [-0.3, -0.25) is 0 Å². The van der Waals surface area contributed by atoms with Crippen molar-refractivity contribution in [3.8, 4) is 0 Å². The van der Waals surface area contributed by atoms with Crippen LogP contribution in [0.1, 0.15) is 44.6 Å². The highest BCUT2D eigenvalue weighted by Gasteiger charge is 1.99. The second-order valence-corrected chi connectivity index (χ2v) is 3.53. The molecule has 0 aliphatic rings. The van der Waals surface area contributed by atoms with Crippen LogP contribution in [0.15, 0.2) is 10.6 Å². The van der Waals surface area contributed by atoms with Crippen LogP contribution in [0.25, 0.3) is 0 Å². The molecule has 0 aromatic carbocycles. The first-order chi connectivity index (χ1) is 8.33. The number of ether oxygens (including phenoxy) is 2. The number of hydrogen-bond donors (Lipinski definition) is 0. The predicted molar refractivity (Wildman–Crippen MR) is 68.0 cm³/mol. The fourth-order valence-electron chi connectivity index (χ4n) is 1.29. The molecular formula is C13H25NO3. The van der Waals surface area contributed by atoms with Crippen LogP contribution < -0.4 is 0 Å². The first kappa shape index (κ1) is 16.1. The van der Waals surface area contributed by atoms with Gasteiger partial charge in [-0.05, 0) is 26.2 Å². The van der Waals surface area contributed by atoms with Crippen LogP contribution in [0.3, 0.4) is 0 Å². The van der Waals surface area contributed by atoms with Gasteiger partial charge in [-0.2, -0.15) is 0 Å². The van der Waals surface area contributed by atoms with Gasteiger partial charge in [0.25, 0.3) is 0 Å². The zero-order chi connectivity index (χ0) is 12.9. The van der Waals surface area contributed by atoms with Crippen LogP contribution in [-0.2, 0) is 16.1 Å². The van der Waals surface area contributed by atoms with Gasteiger partial charge in [0.2, 0.25) is 0 Å². The molecule has 1 aromatic heterocycles. The van der Waals surface area contributed by atoms with Crippen LogP contribution >= 0.6 is 0 Å². The number of nitrogens with zero attached hydrogens (tertiary/aromatic N) is 1. The largest absolute Gasteiger partial charge is 0.385 e. The first-order valence-electron chi connectivity index (χ1n) is 6.32. The Labute approximate surface area is 104 Å². The average Bonchev–Trinajstić information content (AvgIpc) is 2.77. The summed E-state index contributed by atoms with van der Waals surface area (Å²) in [5, 5.41) is 3.84. The van der Waals surface area contributed by atoms with Crippen LogP contribution in [0.5, 0.6) is 0 Å². The van der Waals surface area contributed by atoms with Crippen molar-refractivity contribution in [3.05, 3.63) is 17.5 Å². The lowest BCUT2D eigenvalue weighted by Crippen LogP contribution is -1.97. The second kappa shape index (κ2) is 11.6. The molecule has 0 saturated heterocycles. The summed E-state index contributed by atoms with van der Waals surface area (Å²) in [5.74, 6) is 0.827. The van der Waals surface area contributed by atoms with Crippen LogP contribution in [0.2, 0.25) is 0 Å². The third-order valence-electron chi connectivity index (χ3n) is 2.06. The predicted octanol–water partition coefficient (Wildman–Crippen LogP) is 3.34. The monoisotopic (exact) mass is 243 g/mol. The Balaban J connectivity index is 0.00000121. The minimum absolute atomic E-state index is 0.543. The molecule has 0 radical (unpaired) electrons. The number of aromatic nitrogens is 1. The van der Waals surface area contributed by atoms with Crippen molar-refractivity contribution in [2.45, 2.75) is 46.6 Å². The minimum atomic E-state index is 0.543. The zero-order valence-electron chi connectivity index (χ0n) is 11.5. The Bertz CT molecular complexity index is 261. The topological polar surface area (TPSA) is 44.5 Å². The van der Waals surface area contributed by atoms with Crippen LogP contribution in [-0.4, -0.2) is 25.5 Å². The number of aryl methyl sites for hydroxylation is 1. The van der Waals surface area contributed by atoms with Gasteiger partial charge in [-0.15, -0.1) is 0 Å². The molecule has 4 nitrogen and oxygen atoms in total. The van der Waals surface area contributed by atoms with Crippen LogP contribution in [0.4, 0.5) is 0 Å². The third-order valence-corrected chi connectivity index (χ3v) is 2.06. The van der Waals surface area contributed by atoms with Gasteiger partial charge in [-0.1, -0.05) is 19.0 Å². The third kappa shape index (κ3) is 8.89. The quantitative estimate of drug-likeness (QED) is 0.657. The molecule has 1 rings (SSSR count). The highest BCUT2D eigenvalue weighted by atomic mass is 16.5. The Morgan fingerprint density at radius 2 is 1.88 bits per heavy atom. The van der Waals surface area contributed by atoms with Crippen molar-refractivity contribution in [1.29, 1.82) is 0 Å². The van der Waals surface area contributed by atoms with Gasteiger partial charge >= 0.3 is 0 Å². The van der Waals surface area contributed by atoms with Gasteiger partial charge in [-0.25, -0.2) is 0 Å². The maximum Gasteiger partial charge on any atom is 0.134 e. The van der Waals surface area contributed by atoms with Gasteiger partial charge in [0.15, 0.2) is 0 Å². The molecule has 0 spiro atoms. The summed E-state index contributed by atoms with van der Waals surface area (Å²) in [7, 11) is 1.73. The molecule has 0 amide bonds. The van der Waals surface area contributed by atoms with Crippen molar-refractivity contribution in [2.75, 3.05) is 20.3 Å². The molecule has 0 unspecified atom stereocenters. The van der Waals surface area contributed by atoms with Gasteiger partial charge in [0.05, 0.1) is 6.61 Å². The molecule has 0 atom stereocenters. The molecule has 0 saturated carbocycles. The van der Waals surface area contributed by atoms with Crippen molar-refractivity contribution >= 4 is 0 Å². The summed E-state index contributed by atoms with van der Waals surface area (Å²) >= 11 is 0. The lowest BCUT2D eigenvalue weighted by atomic mass is 10.2. The standard InChI is InChI=1S/C11H19NO3.C2H6/c1-10-8-11(12-15-10)9-14-7-5-3-4-6-13-2;1-2/h8H,3-7,9H2,1-2H3;1-2H3. The van der Waals surface area contributed by atoms with E-state index in [1.54, 1.807) is 7.11 Å². The summed E-state index contributed by atoms with van der Waals surface area (Å²) in [6, 6.07) is 1.89. The lowest BCUT2D eigenvalue weighted by Gasteiger charge is -2.01. The number of unbranched alkanes of at least 4 members (excludes halogenated alkanes) is 2. The van der Waals surface area contributed by atoms with E-state index in [1.165, 1.54) is 0 Å². The SMILES string of the molecule is CC.COCCCCCOCc1cc(C)on1. The van der Waals surface area contributed by atoms with Crippen LogP contribution in [0, 0.1) is 6.92 Å². The van der Waals surface area contributed by atoms with E-state index in [-0.39, 0.29) is 0 Å². The van der Waals surface area contributed by atoms with Crippen molar-refractivity contribution < 1.29 is 14.0 Å². The first-order valence-corrected chi connectivity index (χ1v) is 6.32. The molecule has 0 fully saturated rings. The molecule has 100 valence electrons. The smallest absolute Gasteiger partial charge is 0.134 e. The Hall–Kier alpha value is -0.870. The lowest BCUT2D eigenvalue weighted by molar-refractivity contribution is 0.109. The molecule has 4 heteroatoms. The maximum absolute atomic E-state index is 5.45. The number of rotatable bonds is 8. The highest BCUT2D eigenvalue weighted by Crippen LogP contribution is 2.04. The summed E-state index contributed by atoms with van der Waals surface area (Å²) in [6.45, 7) is 8.03. The summed E-state index contributed by atoms with van der Waals surface area (Å²) in [4.78, 5) is 0. The number of hydrogen-bond acceptors (Lipinski definition) is 4.